The Morgan fingerprint density at radius 2 is 2.05 bits per heavy atom. The highest BCUT2D eigenvalue weighted by molar-refractivity contribution is 6.35. The summed E-state index contributed by atoms with van der Waals surface area (Å²) in [6, 6.07) is 5.15. The first-order chi connectivity index (χ1) is 10.1. The third-order valence-corrected chi connectivity index (χ3v) is 4.14. The van der Waals surface area contributed by atoms with Crippen LogP contribution in [0.2, 0.25) is 10.0 Å². The van der Waals surface area contributed by atoms with Gasteiger partial charge in [0.2, 0.25) is 0 Å². The average molecular weight is 325 g/mol. The van der Waals surface area contributed by atoms with Crippen molar-refractivity contribution in [3.8, 4) is 0 Å². The molecule has 0 aromatic heterocycles. The average Bonchev–Trinajstić information content (AvgIpc) is 2.84. The summed E-state index contributed by atoms with van der Waals surface area (Å²) in [5.41, 5.74) is 1.10. The maximum Gasteiger partial charge on any atom is 0.275 e. The minimum atomic E-state index is -0.192. The highest BCUT2D eigenvalue weighted by Gasteiger charge is 2.27. The van der Waals surface area contributed by atoms with Crippen LogP contribution in [-0.2, 0) is 9.53 Å². The van der Waals surface area contributed by atoms with Crippen LogP contribution >= 0.6 is 23.2 Å². The molecule has 2 aliphatic heterocycles. The summed E-state index contributed by atoms with van der Waals surface area (Å²) in [7, 11) is 0. The Hall–Kier alpha value is -1.36. The number of rotatable bonds is 2. The number of aliphatic imine (C=N–C) groups is 1. The van der Waals surface area contributed by atoms with Crippen molar-refractivity contribution in [3.05, 3.63) is 39.5 Å². The summed E-state index contributed by atoms with van der Waals surface area (Å²) in [4.78, 5) is 16.4. The van der Waals surface area contributed by atoms with Crippen molar-refractivity contribution in [2.24, 2.45) is 10.9 Å². The molecule has 1 fully saturated rings. The minimum Gasteiger partial charge on any atom is -0.381 e. The molecule has 0 atom stereocenters. The van der Waals surface area contributed by atoms with E-state index in [1.165, 1.54) is 0 Å². The first kappa shape index (κ1) is 14.6. The van der Waals surface area contributed by atoms with Crippen LogP contribution in [0, 0.1) is 5.92 Å². The van der Waals surface area contributed by atoms with E-state index >= 15 is 0 Å². The van der Waals surface area contributed by atoms with Gasteiger partial charge in [0.25, 0.3) is 5.91 Å². The second kappa shape index (κ2) is 6.18. The van der Waals surface area contributed by atoms with Crippen molar-refractivity contribution in [2.45, 2.75) is 12.8 Å². The zero-order valence-corrected chi connectivity index (χ0v) is 12.7. The number of nitrogens with zero attached hydrogens (tertiary/aromatic N) is 1. The number of benzene rings is 1. The van der Waals surface area contributed by atoms with E-state index in [9.17, 15) is 4.79 Å². The molecule has 1 aromatic carbocycles. The molecule has 3 rings (SSSR count). The van der Waals surface area contributed by atoms with Crippen LogP contribution in [0.25, 0.3) is 6.08 Å². The molecule has 1 aromatic rings. The van der Waals surface area contributed by atoms with Crippen LogP contribution in [0.5, 0.6) is 0 Å². The van der Waals surface area contributed by atoms with Gasteiger partial charge in [0.1, 0.15) is 11.5 Å². The van der Waals surface area contributed by atoms with Crippen molar-refractivity contribution >= 4 is 41.0 Å². The standard InChI is InChI=1S/C15H14Cl2N2O2/c16-11-2-1-10(12(17)8-11)7-13-15(20)19-14(18-13)9-3-5-21-6-4-9/h1-2,7-9H,3-6H2,(H,18,19,20)/b13-7-. The number of amidine groups is 1. The van der Waals surface area contributed by atoms with E-state index in [1.807, 2.05) is 0 Å². The number of ether oxygens (including phenoxy) is 1. The van der Waals surface area contributed by atoms with Crippen molar-refractivity contribution in [1.82, 2.24) is 5.32 Å². The predicted octanol–water partition coefficient (Wildman–Crippen LogP) is 3.29. The molecule has 2 aliphatic rings. The van der Waals surface area contributed by atoms with E-state index in [0.29, 0.717) is 29.0 Å². The van der Waals surface area contributed by atoms with Gasteiger partial charge in [0.15, 0.2) is 0 Å². The Bertz CT molecular complexity index is 635. The maximum absolute atomic E-state index is 12.0. The molecule has 0 radical (unpaired) electrons. The molecular formula is C15H14Cl2N2O2. The van der Waals surface area contributed by atoms with E-state index in [-0.39, 0.29) is 11.8 Å². The van der Waals surface area contributed by atoms with Crippen molar-refractivity contribution in [2.75, 3.05) is 13.2 Å². The molecule has 0 unspecified atom stereocenters. The normalized spacial score (nSPS) is 21.5. The molecular weight excluding hydrogens is 311 g/mol. The fourth-order valence-electron chi connectivity index (χ4n) is 2.42. The Balaban J connectivity index is 1.85. The Morgan fingerprint density at radius 1 is 1.29 bits per heavy atom. The number of halogens is 2. The summed E-state index contributed by atoms with van der Waals surface area (Å²) in [5, 5.41) is 3.90. The van der Waals surface area contributed by atoms with Crippen LogP contribution in [0.4, 0.5) is 0 Å². The summed E-state index contributed by atoms with van der Waals surface area (Å²) in [5.74, 6) is 0.802. The van der Waals surface area contributed by atoms with E-state index in [0.717, 1.165) is 24.2 Å². The topological polar surface area (TPSA) is 50.7 Å². The van der Waals surface area contributed by atoms with E-state index < -0.39 is 0 Å². The van der Waals surface area contributed by atoms with E-state index in [4.69, 9.17) is 27.9 Å². The van der Waals surface area contributed by atoms with E-state index in [2.05, 4.69) is 10.3 Å². The fraction of sp³-hybridized carbons (Fsp3) is 0.333. The summed E-state index contributed by atoms with van der Waals surface area (Å²) >= 11 is 12.0. The van der Waals surface area contributed by atoms with Crippen molar-refractivity contribution in [1.29, 1.82) is 0 Å². The number of hydrogen-bond acceptors (Lipinski definition) is 3. The number of carbonyl (C=O) groups excluding carboxylic acids is 1. The van der Waals surface area contributed by atoms with Crippen molar-refractivity contribution in [3.63, 3.8) is 0 Å². The lowest BCUT2D eigenvalue weighted by molar-refractivity contribution is -0.115. The number of nitrogens with one attached hydrogen (secondary N) is 1. The number of hydrogen-bond donors (Lipinski definition) is 1. The molecule has 0 bridgehead atoms. The van der Waals surface area contributed by atoms with Crippen LogP contribution in [0.1, 0.15) is 18.4 Å². The largest absolute Gasteiger partial charge is 0.381 e. The Morgan fingerprint density at radius 3 is 2.76 bits per heavy atom. The first-order valence-electron chi connectivity index (χ1n) is 6.78. The maximum atomic E-state index is 12.0. The molecule has 0 spiro atoms. The summed E-state index contributed by atoms with van der Waals surface area (Å²) in [6.07, 6.45) is 3.45. The fourth-order valence-corrected chi connectivity index (χ4v) is 2.88. The molecule has 4 nitrogen and oxygen atoms in total. The number of amides is 1. The molecule has 1 N–H and O–H groups in total. The Labute approximate surface area is 132 Å². The van der Waals surface area contributed by atoms with Gasteiger partial charge >= 0.3 is 0 Å². The third kappa shape index (κ3) is 3.28. The lowest BCUT2D eigenvalue weighted by Crippen LogP contribution is -2.33. The third-order valence-electron chi connectivity index (χ3n) is 3.58. The lowest BCUT2D eigenvalue weighted by Gasteiger charge is -2.21. The molecule has 110 valence electrons. The second-order valence-corrected chi connectivity index (χ2v) is 5.88. The smallest absolute Gasteiger partial charge is 0.275 e. The van der Waals surface area contributed by atoms with Gasteiger partial charge in [-0.3, -0.25) is 4.79 Å². The summed E-state index contributed by atoms with van der Waals surface area (Å²) in [6.45, 7) is 1.42. The zero-order valence-electron chi connectivity index (χ0n) is 11.2. The van der Waals surface area contributed by atoms with Crippen LogP contribution < -0.4 is 5.32 Å². The minimum absolute atomic E-state index is 0.192. The van der Waals surface area contributed by atoms with Gasteiger partial charge in [-0.25, -0.2) is 4.99 Å². The predicted molar refractivity (Wildman–Crippen MR) is 83.6 cm³/mol. The second-order valence-electron chi connectivity index (χ2n) is 5.03. The van der Waals surface area contributed by atoms with Crippen LogP contribution in [0.3, 0.4) is 0 Å². The highest BCUT2D eigenvalue weighted by Crippen LogP contribution is 2.25. The Kier molecular flexibility index (Phi) is 4.29. The van der Waals surface area contributed by atoms with Gasteiger partial charge in [0, 0.05) is 29.2 Å². The van der Waals surface area contributed by atoms with Gasteiger partial charge in [0.05, 0.1) is 0 Å². The highest BCUT2D eigenvalue weighted by atomic mass is 35.5. The number of carbonyl (C=O) groups is 1. The molecule has 1 amide bonds. The molecule has 2 heterocycles. The van der Waals surface area contributed by atoms with E-state index in [1.54, 1.807) is 24.3 Å². The zero-order chi connectivity index (χ0) is 14.8. The molecule has 0 saturated carbocycles. The van der Waals surface area contributed by atoms with Gasteiger partial charge in [-0.05, 0) is 36.6 Å². The van der Waals surface area contributed by atoms with Crippen molar-refractivity contribution < 1.29 is 9.53 Å². The van der Waals surface area contributed by atoms with Crippen LogP contribution in [-0.4, -0.2) is 25.0 Å². The van der Waals surface area contributed by atoms with Crippen LogP contribution in [0.15, 0.2) is 28.9 Å². The molecule has 21 heavy (non-hydrogen) atoms. The quantitative estimate of drug-likeness (QED) is 0.848. The first-order valence-corrected chi connectivity index (χ1v) is 7.53. The lowest BCUT2D eigenvalue weighted by atomic mass is 9.99. The summed E-state index contributed by atoms with van der Waals surface area (Å²) < 4.78 is 5.32. The van der Waals surface area contributed by atoms with Gasteiger partial charge < -0.3 is 10.1 Å². The molecule has 1 saturated heterocycles. The SMILES string of the molecule is O=C1NC(C2CCOCC2)=N/C1=C\c1ccc(Cl)cc1Cl. The van der Waals surface area contributed by atoms with Gasteiger partial charge in [-0.1, -0.05) is 29.3 Å². The molecule has 6 heteroatoms. The molecule has 0 aliphatic carbocycles. The van der Waals surface area contributed by atoms with Gasteiger partial charge in [-0.2, -0.15) is 0 Å². The van der Waals surface area contributed by atoms with Gasteiger partial charge in [-0.15, -0.1) is 0 Å². The monoisotopic (exact) mass is 324 g/mol.